The molecule has 27 heavy (non-hydrogen) atoms. The highest BCUT2D eigenvalue weighted by Gasteiger charge is 2.45. The fraction of sp³-hybridized carbons (Fsp3) is 0.737. The van der Waals surface area contributed by atoms with Crippen molar-refractivity contribution < 1.29 is 9.59 Å². The van der Waals surface area contributed by atoms with Crippen LogP contribution in [0.15, 0.2) is 12.4 Å². The van der Waals surface area contributed by atoms with Crippen LogP contribution in [0.1, 0.15) is 37.9 Å². The molecule has 8 heteroatoms. The van der Waals surface area contributed by atoms with E-state index in [1.165, 1.54) is 0 Å². The van der Waals surface area contributed by atoms with Gasteiger partial charge < -0.3 is 15.2 Å². The van der Waals surface area contributed by atoms with Crippen molar-refractivity contribution in [2.75, 3.05) is 33.2 Å². The highest BCUT2D eigenvalue weighted by molar-refractivity contribution is 5.83. The number of carbonyl (C=O) groups excluding carboxylic acids is 2. The van der Waals surface area contributed by atoms with Crippen molar-refractivity contribution in [1.82, 2.24) is 30.0 Å². The fourth-order valence-electron chi connectivity index (χ4n) is 4.82. The van der Waals surface area contributed by atoms with Gasteiger partial charge in [-0.25, -0.2) is 4.98 Å². The van der Waals surface area contributed by atoms with Crippen molar-refractivity contribution >= 4 is 11.8 Å². The summed E-state index contributed by atoms with van der Waals surface area (Å²) in [5, 5.41) is 3.12. The van der Waals surface area contributed by atoms with Gasteiger partial charge >= 0.3 is 0 Å². The zero-order valence-corrected chi connectivity index (χ0v) is 16.1. The predicted molar refractivity (Wildman–Crippen MR) is 101 cm³/mol. The summed E-state index contributed by atoms with van der Waals surface area (Å²) in [7, 11) is 2.11. The largest absolute Gasteiger partial charge is 0.353 e. The van der Waals surface area contributed by atoms with Gasteiger partial charge in [0.25, 0.3) is 0 Å². The summed E-state index contributed by atoms with van der Waals surface area (Å²) >= 11 is 0. The van der Waals surface area contributed by atoms with E-state index in [0.717, 1.165) is 51.1 Å². The molecule has 2 N–H and O–H groups in total. The SMILES string of the molecule is CN1[C@@H](CCC(=O)N2CCCC2)CNC(=O)[C@@H]2[C@H]1CCN2Cc1ncc[nH]1. The summed E-state index contributed by atoms with van der Waals surface area (Å²) in [6.45, 7) is 3.97. The third kappa shape index (κ3) is 3.87. The predicted octanol–water partition coefficient (Wildman–Crippen LogP) is 0.185. The third-order valence-electron chi connectivity index (χ3n) is 6.41. The van der Waals surface area contributed by atoms with Gasteiger partial charge in [-0.3, -0.25) is 19.4 Å². The van der Waals surface area contributed by atoms with Gasteiger partial charge in [0.15, 0.2) is 0 Å². The monoisotopic (exact) mass is 374 g/mol. The molecule has 2 amide bonds. The van der Waals surface area contributed by atoms with Gasteiger partial charge in [-0.05, 0) is 32.7 Å². The minimum atomic E-state index is -0.153. The molecule has 3 aliphatic rings. The Bertz CT molecular complexity index is 657. The molecule has 0 spiro atoms. The first kappa shape index (κ1) is 18.4. The molecule has 0 aliphatic carbocycles. The minimum Gasteiger partial charge on any atom is -0.353 e. The van der Waals surface area contributed by atoms with Crippen LogP contribution in [0.2, 0.25) is 0 Å². The Labute approximate surface area is 160 Å². The maximum Gasteiger partial charge on any atom is 0.239 e. The number of aromatic nitrogens is 2. The van der Waals surface area contributed by atoms with E-state index < -0.39 is 0 Å². The zero-order valence-electron chi connectivity index (χ0n) is 16.1. The van der Waals surface area contributed by atoms with Crippen LogP contribution in [0.4, 0.5) is 0 Å². The van der Waals surface area contributed by atoms with E-state index in [4.69, 9.17) is 0 Å². The summed E-state index contributed by atoms with van der Waals surface area (Å²) in [5.41, 5.74) is 0. The van der Waals surface area contributed by atoms with Crippen LogP contribution in [-0.4, -0.2) is 87.8 Å². The Kier molecular flexibility index (Phi) is 5.45. The average molecular weight is 374 g/mol. The first-order valence-electron chi connectivity index (χ1n) is 10.1. The molecule has 0 aromatic carbocycles. The molecule has 1 aromatic rings. The van der Waals surface area contributed by atoms with Crippen LogP contribution in [0, 0.1) is 0 Å². The van der Waals surface area contributed by atoms with Crippen molar-refractivity contribution in [3.63, 3.8) is 0 Å². The molecule has 3 aliphatic heterocycles. The van der Waals surface area contributed by atoms with Gasteiger partial charge in [0.1, 0.15) is 11.9 Å². The zero-order chi connectivity index (χ0) is 18.8. The summed E-state index contributed by atoms with van der Waals surface area (Å²) in [5.74, 6) is 1.26. The molecular weight excluding hydrogens is 344 g/mol. The molecule has 4 heterocycles. The van der Waals surface area contributed by atoms with Gasteiger partial charge in [-0.1, -0.05) is 0 Å². The van der Waals surface area contributed by atoms with Crippen molar-refractivity contribution in [3.8, 4) is 0 Å². The lowest BCUT2D eigenvalue weighted by molar-refractivity contribution is -0.130. The van der Waals surface area contributed by atoms with Gasteiger partial charge in [0, 0.05) is 57.1 Å². The second-order valence-corrected chi connectivity index (χ2v) is 8.00. The second-order valence-electron chi connectivity index (χ2n) is 8.00. The lowest BCUT2D eigenvalue weighted by Crippen LogP contribution is -2.49. The van der Waals surface area contributed by atoms with E-state index in [9.17, 15) is 9.59 Å². The van der Waals surface area contributed by atoms with Crippen molar-refractivity contribution in [3.05, 3.63) is 18.2 Å². The van der Waals surface area contributed by atoms with Crippen LogP contribution >= 0.6 is 0 Å². The third-order valence-corrected chi connectivity index (χ3v) is 6.41. The Balaban J connectivity index is 1.38. The van der Waals surface area contributed by atoms with Crippen LogP contribution in [0.25, 0.3) is 0 Å². The van der Waals surface area contributed by atoms with Crippen LogP contribution in [-0.2, 0) is 16.1 Å². The van der Waals surface area contributed by atoms with E-state index >= 15 is 0 Å². The number of rotatable bonds is 5. The maximum atomic E-state index is 12.8. The number of hydrogen-bond acceptors (Lipinski definition) is 5. The summed E-state index contributed by atoms with van der Waals surface area (Å²) < 4.78 is 0. The number of fused-ring (bicyclic) bond motifs is 1. The maximum absolute atomic E-state index is 12.8. The van der Waals surface area contributed by atoms with Crippen LogP contribution < -0.4 is 5.32 Å². The van der Waals surface area contributed by atoms with Gasteiger partial charge in [-0.2, -0.15) is 0 Å². The molecule has 3 fully saturated rings. The number of imidazole rings is 1. The van der Waals surface area contributed by atoms with E-state index in [-0.39, 0.29) is 29.9 Å². The lowest BCUT2D eigenvalue weighted by atomic mass is 10.0. The second kappa shape index (κ2) is 7.98. The van der Waals surface area contributed by atoms with E-state index in [1.54, 1.807) is 6.20 Å². The summed E-state index contributed by atoms with van der Waals surface area (Å²) in [6, 6.07) is 0.243. The average Bonchev–Trinajstić information content (AvgIpc) is 3.41. The van der Waals surface area contributed by atoms with Crippen LogP contribution in [0.3, 0.4) is 0 Å². The molecule has 0 radical (unpaired) electrons. The van der Waals surface area contributed by atoms with E-state index in [0.29, 0.717) is 19.5 Å². The summed E-state index contributed by atoms with van der Waals surface area (Å²) in [6.07, 6.45) is 8.14. The number of nitrogens with zero attached hydrogens (tertiary/aromatic N) is 4. The Morgan fingerprint density at radius 2 is 2.11 bits per heavy atom. The van der Waals surface area contributed by atoms with E-state index in [2.05, 4.69) is 32.1 Å². The summed E-state index contributed by atoms with van der Waals surface area (Å²) in [4.78, 5) is 39.2. The molecule has 8 nitrogen and oxygen atoms in total. The number of likely N-dealkylation sites (tertiary alicyclic amines) is 2. The number of nitrogens with one attached hydrogen (secondary N) is 2. The van der Waals surface area contributed by atoms with Crippen molar-refractivity contribution in [2.24, 2.45) is 0 Å². The first-order valence-corrected chi connectivity index (χ1v) is 10.1. The number of likely N-dealkylation sites (N-methyl/N-ethyl adjacent to an activating group) is 1. The quantitative estimate of drug-likeness (QED) is 0.768. The number of H-pyrrole nitrogens is 1. The number of amides is 2. The molecule has 0 unspecified atom stereocenters. The van der Waals surface area contributed by atoms with Crippen LogP contribution in [0.5, 0.6) is 0 Å². The van der Waals surface area contributed by atoms with Gasteiger partial charge in [-0.15, -0.1) is 0 Å². The molecule has 3 saturated heterocycles. The standard InChI is InChI=1S/C19H30N6O2/c1-23-14(4-5-17(26)24-9-2-3-10-24)12-22-19(27)18-15(23)6-11-25(18)13-16-20-7-8-21-16/h7-8,14-15,18H,2-6,9-13H2,1H3,(H,20,21)(H,22,27)/t14-,15+,18-/m0/s1. The smallest absolute Gasteiger partial charge is 0.239 e. The number of aromatic amines is 1. The lowest BCUT2D eigenvalue weighted by Gasteiger charge is -2.33. The molecule has 0 bridgehead atoms. The Morgan fingerprint density at radius 3 is 2.85 bits per heavy atom. The Morgan fingerprint density at radius 1 is 1.30 bits per heavy atom. The van der Waals surface area contributed by atoms with Gasteiger partial charge in [0.05, 0.1) is 6.54 Å². The highest BCUT2D eigenvalue weighted by atomic mass is 16.2. The minimum absolute atomic E-state index is 0.101. The normalized spacial score (nSPS) is 29.6. The topological polar surface area (TPSA) is 84.6 Å². The Hall–Kier alpha value is -1.93. The molecule has 148 valence electrons. The molecule has 1 aromatic heterocycles. The molecule has 3 atom stereocenters. The number of carbonyl (C=O) groups is 2. The first-order chi connectivity index (χ1) is 13.1. The highest BCUT2D eigenvalue weighted by Crippen LogP contribution is 2.28. The van der Waals surface area contributed by atoms with Gasteiger partial charge in [0.2, 0.25) is 11.8 Å². The fourth-order valence-corrected chi connectivity index (χ4v) is 4.82. The number of hydrogen-bond donors (Lipinski definition) is 2. The van der Waals surface area contributed by atoms with Crippen molar-refractivity contribution in [2.45, 2.75) is 56.8 Å². The molecule has 4 rings (SSSR count). The van der Waals surface area contributed by atoms with E-state index in [1.807, 2.05) is 11.1 Å². The molecule has 0 saturated carbocycles. The molecular formula is C19H30N6O2. The van der Waals surface area contributed by atoms with Crippen molar-refractivity contribution in [1.29, 1.82) is 0 Å².